The highest BCUT2D eigenvalue weighted by Gasteiger charge is 2.13. The summed E-state index contributed by atoms with van der Waals surface area (Å²) in [5, 5.41) is 2.65. The Morgan fingerprint density at radius 1 is 1.29 bits per heavy atom. The van der Waals surface area contributed by atoms with Gasteiger partial charge in [-0.25, -0.2) is 15.0 Å². The minimum Gasteiger partial charge on any atom is -0.290 e. The third-order valence-corrected chi connectivity index (χ3v) is 2.58. The van der Waals surface area contributed by atoms with Gasteiger partial charge >= 0.3 is 0 Å². The molecule has 0 aliphatic rings. The quantitative estimate of drug-likeness (QED) is 0.865. The average molecular weight is 314 g/mol. The Bertz CT molecular complexity index is 549. The first-order valence-corrected chi connectivity index (χ1v) is 5.73. The number of nitrogens with one attached hydrogen (secondary N) is 1. The Kier molecular flexibility index (Phi) is 3.65. The Hall–Kier alpha value is -1.53. The van der Waals surface area contributed by atoms with Crippen molar-refractivity contribution in [3.63, 3.8) is 0 Å². The highest BCUT2D eigenvalue weighted by molar-refractivity contribution is 9.10. The predicted molar refractivity (Wildman–Crippen MR) is 66.9 cm³/mol. The van der Waals surface area contributed by atoms with Crippen LogP contribution in [0.4, 0.5) is 5.95 Å². The summed E-state index contributed by atoms with van der Waals surface area (Å²) in [6.45, 7) is 0. The molecule has 0 aromatic carbocycles. The molecule has 0 atom stereocenters. The number of halogens is 2. The number of pyridine rings is 1. The van der Waals surface area contributed by atoms with Crippen molar-refractivity contribution in [2.45, 2.75) is 0 Å². The van der Waals surface area contributed by atoms with Crippen LogP contribution in [0.15, 0.2) is 35.2 Å². The molecule has 0 aliphatic heterocycles. The fourth-order valence-electron chi connectivity index (χ4n) is 1.11. The fraction of sp³-hybridized carbons (Fsp3) is 0. The lowest BCUT2D eigenvalue weighted by Gasteiger charge is -2.04. The standard InChI is InChI=1S/C10H6BrClN4O/c11-6-4-7(8(12)15-5-6)9(17)16-10-13-2-1-3-14-10/h1-5H,(H,13,14,16,17). The molecule has 7 heteroatoms. The molecule has 0 unspecified atom stereocenters. The largest absolute Gasteiger partial charge is 0.290 e. The average Bonchev–Trinajstić information content (AvgIpc) is 2.33. The van der Waals surface area contributed by atoms with E-state index < -0.39 is 5.91 Å². The molecule has 17 heavy (non-hydrogen) atoms. The SMILES string of the molecule is O=C(Nc1ncccn1)c1cc(Br)cnc1Cl. The lowest BCUT2D eigenvalue weighted by molar-refractivity contribution is 0.102. The highest BCUT2D eigenvalue weighted by Crippen LogP contribution is 2.18. The van der Waals surface area contributed by atoms with Gasteiger partial charge in [0.2, 0.25) is 5.95 Å². The van der Waals surface area contributed by atoms with Crippen LogP contribution in [0.25, 0.3) is 0 Å². The van der Waals surface area contributed by atoms with Crippen LogP contribution in [0, 0.1) is 0 Å². The number of amides is 1. The van der Waals surface area contributed by atoms with Gasteiger partial charge in [-0.15, -0.1) is 0 Å². The normalized spacial score (nSPS) is 10.0. The second kappa shape index (κ2) is 5.20. The number of hydrogen-bond donors (Lipinski definition) is 1. The molecule has 1 N–H and O–H groups in total. The molecule has 86 valence electrons. The van der Waals surface area contributed by atoms with Crippen LogP contribution >= 0.6 is 27.5 Å². The van der Waals surface area contributed by atoms with Crippen molar-refractivity contribution in [3.05, 3.63) is 45.9 Å². The van der Waals surface area contributed by atoms with Gasteiger partial charge in [-0.1, -0.05) is 11.6 Å². The van der Waals surface area contributed by atoms with Crippen LogP contribution in [0.1, 0.15) is 10.4 Å². The smallest absolute Gasteiger partial charge is 0.261 e. The summed E-state index contributed by atoms with van der Waals surface area (Å²) in [5.74, 6) is -0.191. The third-order valence-electron chi connectivity index (χ3n) is 1.84. The number of carbonyl (C=O) groups excluding carboxylic acids is 1. The van der Waals surface area contributed by atoms with Gasteiger partial charge in [0.15, 0.2) is 0 Å². The molecule has 2 rings (SSSR count). The number of anilines is 1. The van der Waals surface area contributed by atoms with Crippen molar-refractivity contribution in [2.24, 2.45) is 0 Å². The third kappa shape index (κ3) is 2.98. The summed E-state index contributed by atoms with van der Waals surface area (Å²) in [4.78, 5) is 23.5. The van der Waals surface area contributed by atoms with Gasteiger partial charge in [-0.2, -0.15) is 0 Å². The zero-order valence-corrected chi connectivity index (χ0v) is 10.7. The monoisotopic (exact) mass is 312 g/mol. The van der Waals surface area contributed by atoms with Gasteiger partial charge in [0, 0.05) is 23.1 Å². The Morgan fingerprint density at radius 2 is 2.00 bits per heavy atom. The molecule has 0 bridgehead atoms. The van der Waals surface area contributed by atoms with Crippen LogP contribution in [-0.4, -0.2) is 20.9 Å². The first kappa shape index (κ1) is 11.9. The van der Waals surface area contributed by atoms with Crippen molar-refractivity contribution in [2.75, 3.05) is 5.32 Å². The Balaban J connectivity index is 2.23. The number of carbonyl (C=O) groups is 1. The molecule has 0 aliphatic carbocycles. The molecule has 0 radical (unpaired) electrons. The molecule has 5 nitrogen and oxygen atoms in total. The minimum atomic E-state index is -0.407. The van der Waals surface area contributed by atoms with Crippen molar-refractivity contribution in [1.29, 1.82) is 0 Å². The summed E-state index contributed by atoms with van der Waals surface area (Å²) >= 11 is 9.04. The number of rotatable bonds is 2. The lowest BCUT2D eigenvalue weighted by atomic mass is 10.3. The van der Waals surface area contributed by atoms with Crippen molar-refractivity contribution >= 4 is 39.4 Å². The number of nitrogens with zero attached hydrogens (tertiary/aromatic N) is 3. The van der Waals surface area contributed by atoms with E-state index in [-0.39, 0.29) is 16.7 Å². The van der Waals surface area contributed by atoms with Crippen molar-refractivity contribution in [3.8, 4) is 0 Å². The zero-order valence-electron chi connectivity index (χ0n) is 8.39. The molecule has 0 spiro atoms. The van der Waals surface area contributed by atoms with E-state index in [4.69, 9.17) is 11.6 Å². The van der Waals surface area contributed by atoms with E-state index in [0.717, 1.165) is 0 Å². The van der Waals surface area contributed by atoms with Crippen LogP contribution in [0.5, 0.6) is 0 Å². The van der Waals surface area contributed by atoms with E-state index in [1.165, 1.54) is 18.6 Å². The molecule has 2 aromatic heterocycles. The maximum absolute atomic E-state index is 11.9. The maximum Gasteiger partial charge on any atom is 0.261 e. The molecule has 0 fully saturated rings. The summed E-state index contributed by atoms with van der Waals surface area (Å²) < 4.78 is 0.668. The molecular weight excluding hydrogens is 307 g/mol. The summed E-state index contributed by atoms with van der Waals surface area (Å²) in [5.41, 5.74) is 0.258. The van der Waals surface area contributed by atoms with Gasteiger partial charge in [-0.3, -0.25) is 10.1 Å². The molecule has 1 amide bonds. The van der Waals surface area contributed by atoms with E-state index in [0.29, 0.717) is 4.47 Å². The van der Waals surface area contributed by atoms with E-state index in [2.05, 4.69) is 36.2 Å². The number of hydrogen-bond acceptors (Lipinski definition) is 4. The highest BCUT2D eigenvalue weighted by atomic mass is 79.9. The molecule has 0 saturated carbocycles. The number of aromatic nitrogens is 3. The van der Waals surface area contributed by atoms with Gasteiger partial charge in [-0.05, 0) is 28.1 Å². The Morgan fingerprint density at radius 3 is 2.71 bits per heavy atom. The lowest BCUT2D eigenvalue weighted by Crippen LogP contribution is -2.14. The first-order chi connectivity index (χ1) is 8.16. The second-order valence-electron chi connectivity index (χ2n) is 3.02. The first-order valence-electron chi connectivity index (χ1n) is 4.56. The summed E-state index contributed by atoms with van der Waals surface area (Å²) in [6, 6.07) is 3.23. The molecule has 2 heterocycles. The minimum absolute atomic E-state index is 0.127. The summed E-state index contributed by atoms with van der Waals surface area (Å²) in [6.07, 6.45) is 4.57. The second-order valence-corrected chi connectivity index (χ2v) is 4.29. The van der Waals surface area contributed by atoms with Gasteiger partial charge < -0.3 is 0 Å². The fourth-order valence-corrected chi connectivity index (χ4v) is 1.63. The van der Waals surface area contributed by atoms with Crippen LogP contribution < -0.4 is 5.32 Å². The summed E-state index contributed by atoms with van der Waals surface area (Å²) in [7, 11) is 0. The van der Waals surface area contributed by atoms with Crippen LogP contribution in [0.3, 0.4) is 0 Å². The molecule has 0 saturated heterocycles. The van der Waals surface area contributed by atoms with Gasteiger partial charge in [0.25, 0.3) is 5.91 Å². The molecule has 2 aromatic rings. The molecular formula is C10H6BrClN4O. The van der Waals surface area contributed by atoms with Crippen molar-refractivity contribution < 1.29 is 4.79 Å². The van der Waals surface area contributed by atoms with E-state index in [1.54, 1.807) is 12.1 Å². The van der Waals surface area contributed by atoms with Gasteiger partial charge in [0.1, 0.15) is 5.15 Å². The topological polar surface area (TPSA) is 67.8 Å². The van der Waals surface area contributed by atoms with E-state index >= 15 is 0 Å². The zero-order chi connectivity index (χ0) is 12.3. The Labute approximate surface area is 110 Å². The van der Waals surface area contributed by atoms with E-state index in [1.807, 2.05) is 0 Å². The predicted octanol–water partition coefficient (Wildman–Crippen LogP) is 2.54. The van der Waals surface area contributed by atoms with Gasteiger partial charge in [0.05, 0.1) is 5.56 Å². The van der Waals surface area contributed by atoms with E-state index in [9.17, 15) is 4.79 Å². The van der Waals surface area contributed by atoms with Crippen LogP contribution in [-0.2, 0) is 0 Å². The maximum atomic E-state index is 11.9. The van der Waals surface area contributed by atoms with Crippen LogP contribution in [0.2, 0.25) is 5.15 Å². The van der Waals surface area contributed by atoms with Crippen molar-refractivity contribution in [1.82, 2.24) is 15.0 Å².